The number of nitrogens with zero attached hydrogens (tertiary/aromatic N) is 3. The predicted molar refractivity (Wildman–Crippen MR) is 91.9 cm³/mol. The summed E-state index contributed by atoms with van der Waals surface area (Å²) in [6.07, 6.45) is 6.15. The van der Waals surface area contributed by atoms with Crippen molar-refractivity contribution in [3.05, 3.63) is 48.4 Å². The Morgan fingerprint density at radius 2 is 2.08 bits per heavy atom. The monoisotopic (exact) mass is 362 g/mol. The second-order valence-electron chi connectivity index (χ2n) is 6.07. The number of hydrogen-bond donors (Lipinski definition) is 1. The number of nitrogens with one attached hydrogen (secondary N) is 1. The number of carbonyl (C=O) groups excluding carboxylic acids is 1. The van der Waals surface area contributed by atoms with Crippen molar-refractivity contribution in [3.8, 4) is 5.75 Å². The van der Waals surface area contributed by atoms with Crippen LogP contribution in [0.3, 0.4) is 0 Å². The summed E-state index contributed by atoms with van der Waals surface area (Å²) >= 11 is 0. The first-order valence-corrected chi connectivity index (χ1v) is 8.44. The molecule has 0 bridgehead atoms. The summed E-state index contributed by atoms with van der Waals surface area (Å²) in [5.74, 6) is 0.737. The van der Waals surface area contributed by atoms with Crippen molar-refractivity contribution in [1.29, 1.82) is 0 Å². The van der Waals surface area contributed by atoms with Gasteiger partial charge in [-0.15, -0.1) is 0 Å². The van der Waals surface area contributed by atoms with E-state index in [9.17, 15) is 13.6 Å². The van der Waals surface area contributed by atoms with Crippen molar-refractivity contribution in [2.24, 2.45) is 5.92 Å². The molecular weight excluding hydrogens is 342 g/mol. The zero-order chi connectivity index (χ0) is 18.4. The number of pyridine rings is 2. The summed E-state index contributed by atoms with van der Waals surface area (Å²) in [4.78, 5) is 22.5. The first-order valence-electron chi connectivity index (χ1n) is 8.44. The third-order valence-corrected chi connectivity index (χ3v) is 4.33. The second-order valence-corrected chi connectivity index (χ2v) is 6.07. The van der Waals surface area contributed by atoms with Gasteiger partial charge in [0.15, 0.2) is 0 Å². The molecule has 2 aromatic heterocycles. The zero-order valence-corrected chi connectivity index (χ0v) is 14.1. The first kappa shape index (κ1) is 18.0. The lowest BCUT2D eigenvalue weighted by Gasteiger charge is -2.32. The Kier molecular flexibility index (Phi) is 5.93. The van der Waals surface area contributed by atoms with Gasteiger partial charge < -0.3 is 15.0 Å². The molecule has 1 saturated heterocycles. The van der Waals surface area contributed by atoms with Gasteiger partial charge in [-0.2, -0.15) is 8.78 Å². The van der Waals surface area contributed by atoms with Crippen LogP contribution in [0.25, 0.3) is 0 Å². The van der Waals surface area contributed by atoms with Crippen LogP contribution in [0.2, 0.25) is 0 Å². The van der Waals surface area contributed by atoms with Crippen molar-refractivity contribution in [1.82, 2.24) is 15.3 Å². The highest BCUT2D eigenvalue weighted by Crippen LogP contribution is 2.23. The number of halogens is 2. The van der Waals surface area contributed by atoms with Crippen LogP contribution < -0.4 is 15.0 Å². The Labute approximate surface area is 150 Å². The van der Waals surface area contributed by atoms with Crippen molar-refractivity contribution in [2.75, 3.05) is 18.0 Å². The molecule has 26 heavy (non-hydrogen) atoms. The predicted octanol–water partition coefficient (Wildman–Crippen LogP) is 2.61. The minimum atomic E-state index is -2.86. The maximum atomic E-state index is 12.3. The summed E-state index contributed by atoms with van der Waals surface area (Å²) in [7, 11) is 0. The van der Waals surface area contributed by atoms with Gasteiger partial charge in [-0.25, -0.2) is 4.98 Å². The number of hydrogen-bond acceptors (Lipinski definition) is 5. The van der Waals surface area contributed by atoms with E-state index in [1.807, 2.05) is 17.0 Å². The van der Waals surface area contributed by atoms with Gasteiger partial charge in [-0.3, -0.25) is 9.78 Å². The molecule has 1 fully saturated rings. The number of rotatable bonds is 6. The Bertz CT molecular complexity index is 705. The molecule has 0 unspecified atom stereocenters. The highest BCUT2D eigenvalue weighted by molar-refractivity contribution is 5.78. The maximum Gasteiger partial charge on any atom is 0.387 e. The van der Waals surface area contributed by atoms with Gasteiger partial charge in [-0.05, 0) is 36.6 Å². The molecule has 3 rings (SSSR count). The summed E-state index contributed by atoms with van der Waals surface area (Å²) in [6, 6.07) is 6.88. The third-order valence-electron chi connectivity index (χ3n) is 4.33. The average Bonchev–Trinajstić information content (AvgIpc) is 2.67. The highest BCUT2D eigenvalue weighted by Gasteiger charge is 2.25. The fourth-order valence-corrected chi connectivity index (χ4v) is 2.94. The van der Waals surface area contributed by atoms with E-state index >= 15 is 0 Å². The van der Waals surface area contributed by atoms with E-state index < -0.39 is 6.61 Å². The largest absolute Gasteiger partial charge is 0.433 e. The molecule has 3 heterocycles. The minimum absolute atomic E-state index is 0.0356. The Morgan fingerprint density at radius 1 is 1.27 bits per heavy atom. The Balaban J connectivity index is 1.47. The quantitative estimate of drug-likeness (QED) is 0.856. The number of anilines is 1. The third kappa shape index (κ3) is 4.87. The van der Waals surface area contributed by atoms with E-state index in [2.05, 4.69) is 20.0 Å². The second kappa shape index (κ2) is 8.55. The summed E-state index contributed by atoms with van der Waals surface area (Å²) in [6.45, 7) is -1.01. The zero-order valence-electron chi connectivity index (χ0n) is 14.1. The number of alkyl halides is 2. The summed E-state index contributed by atoms with van der Waals surface area (Å²) < 4.78 is 28.6. The molecule has 0 atom stereocenters. The molecule has 6 nitrogen and oxygen atoms in total. The molecule has 0 radical (unpaired) electrons. The van der Waals surface area contributed by atoms with Gasteiger partial charge in [0, 0.05) is 37.9 Å². The van der Waals surface area contributed by atoms with Crippen LogP contribution in [0.15, 0.2) is 42.9 Å². The molecule has 8 heteroatoms. The van der Waals surface area contributed by atoms with Crippen LogP contribution in [0, 0.1) is 5.92 Å². The molecule has 0 saturated carbocycles. The van der Waals surface area contributed by atoms with E-state index in [0.717, 1.165) is 18.4 Å². The van der Waals surface area contributed by atoms with E-state index in [1.54, 1.807) is 18.5 Å². The van der Waals surface area contributed by atoms with Crippen molar-refractivity contribution in [2.45, 2.75) is 26.0 Å². The van der Waals surface area contributed by atoms with Crippen molar-refractivity contribution < 1.29 is 18.3 Å². The first-order chi connectivity index (χ1) is 12.6. The smallest absolute Gasteiger partial charge is 0.387 e. The normalized spacial score (nSPS) is 15.1. The van der Waals surface area contributed by atoms with Gasteiger partial charge in [0.25, 0.3) is 0 Å². The van der Waals surface area contributed by atoms with Crippen molar-refractivity contribution >= 4 is 11.7 Å². The van der Waals surface area contributed by atoms with E-state index in [-0.39, 0.29) is 17.6 Å². The van der Waals surface area contributed by atoms with Crippen molar-refractivity contribution in [3.63, 3.8) is 0 Å². The van der Waals surface area contributed by atoms with Gasteiger partial charge in [0.1, 0.15) is 11.6 Å². The van der Waals surface area contributed by atoms with Gasteiger partial charge in [0.05, 0.1) is 6.20 Å². The number of amides is 1. The van der Waals surface area contributed by atoms with Gasteiger partial charge in [-0.1, -0.05) is 6.07 Å². The van der Waals surface area contributed by atoms with E-state index in [4.69, 9.17) is 0 Å². The standard InChI is InChI=1S/C18H20F2N4O2/c19-18(20)26-15-3-4-16(22-12-15)24-8-5-14(6-9-24)17(25)23-11-13-2-1-7-21-10-13/h1-4,7,10,12,14,18H,5-6,8-9,11H2,(H,23,25). The maximum absolute atomic E-state index is 12.3. The number of carbonyl (C=O) groups is 1. The number of piperidine rings is 1. The molecule has 138 valence electrons. The summed E-state index contributed by atoms with van der Waals surface area (Å²) in [5, 5.41) is 2.95. The SMILES string of the molecule is O=C(NCc1cccnc1)C1CCN(c2ccc(OC(F)F)cn2)CC1. The lowest BCUT2D eigenvalue weighted by Crippen LogP contribution is -2.40. The molecule has 1 aliphatic heterocycles. The highest BCUT2D eigenvalue weighted by atomic mass is 19.3. The van der Waals surface area contributed by atoms with Gasteiger partial charge in [0.2, 0.25) is 5.91 Å². The van der Waals surface area contributed by atoms with Crippen LogP contribution in [0.5, 0.6) is 5.75 Å². The molecule has 0 aliphatic carbocycles. The van der Waals surface area contributed by atoms with Crippen LogP contribution >= 0.6 is 0 Å². The van der Waals surface area contributed by atoms with Crippen LogP contribution in [-0.4, -0.2) is 35.6 Å². The summed E-state index contributed by atoms with van der Waals surface area (Å²) in [5.41, 5.74) is 0.966. The average molecular weight is 362 g/mol. The lowest BCUT2D eigenvalue weighted by molar-refractivity contribution is -0.125. The molecule has 1 N–H and O–H groups in total. The molecule has 0 aromatic carbocycles. The minimum Gasteiger partial charge on any atom is -0.433 e. The Hall–Kier alpha value is -2.77. The number of aromatic nitrogens is 2. The van der Waals surface area contributed by atoms with Crippen LogP contribution in [0.4, 0.5) is 14.6 Å². The molecular formula is C18H20F2N4O2. The number of ether oxygens (including phenoxy) is 1. The molecule has 1 amide bonds. The van der Waals surface area contributed by atoms with E-state index in [1.165, 1.54) is 12.3 Å². The van der Waals surface area contributed by atoms with Gasteiger partial charge >= 0.3 is 6.61 Å². The Morgan fingerprint density at radius 3 is 2.69 bits per heavy atom. The molecule has 0 spiro atoms. The van der Waals surface area contributed by atoms with Crippen LogP contribution in [-0.2, 0) is 11.3 Å². The molecule has 1 aliphatic rings. The van der Waals surface area contributed by atoms with Crippen LogP contribution in [0.1, 0.15) is 18.4 Å². The lowest BCUT2D eigenvalue weighted by atomic mass is 9.96. The fraction of sp³-hybridized carbons (Fsp3) is 0.389. The topological polar surface area (TPSA) is 67.4 Å². The fourth-order valence-electron chi connectivity index (χ4n) is 2.94. The molecule has 2 aromatic rings. The van der Waals surface area contributed by atoms with E-state index in [0.29, 0.717) is 25.5 Å².